The minimum Gasteiger partial charge on any atom is -0.496 e. The summed E-state index contributed by atoms with van der Waals surface area (Å²) in [5, 5.41) is 4.25. The molecule has 1 aromatic carbocycles. The van der Waals surface area contributed by atoms with Gasteiger partial charge in [0.1, 0.15) is 5.75 Å². The predicted molar refractivity (Wildman–Crippen MR) is 71.7 cm³/mol. The Morgan fingerprint density at radius 3 is 2.83 bits per heavy atom. The molecule has 4 heteroatoms. The van der Waals surface area contributed by atoms with E-state index in [9.17, 15) is 0 Å². The zero-order valence-electron chi connectivity index (χ0n) is 11.1. The van der Waals surface area contributed by atoms with E-state index in [1.165, 1.54) is 0 Å². The zero-order valence-corrected chi connectivity index (χ0v) is 11.1. The van der Waals surface area contributed by atoms with Gasteiger partial charge >= 0.3 is 0 Å². The largest absolute Gasteiger partial charge is 0.496 e. The van der Waals surface area contributed by atoms with Gasteiger partial charge in [0, 0.05) is 23.9 Å². The Bertz CT molecular complexity index is 534. The summed E-state index contributed by atoms with van der Waals surface area (Å²) in [7, 11) is 1.67. The molecule has 0 bridgehead atoms. The topological polar surface area (TPSA) is 53.1 Å². The van der Waals surface area contributed by atoms with Gasteiger partial charge in [0.25, 0.3) is 0 Å². The van der Waals surface area contributed by atoms with Crippen LogP contribution in [0.15, 0.2) is 30.6 Å². The van der Waals surface area contributed by atoms with E-state index in [0.29, 0.717) is 0 Å². The molecule has 2 aromatic rings. The maximum absolute atomic E-state index is 6.28. The number of benzene rings is 1. The highest BCUT2D eigenvalue weighted by atomic mass is 16.5. The number of hydrogen-bond acceptors (Lipinski definition) is 3. The molecule has 0 spiro atoms. The summed E-state index contributed by atoms with van der Waals surface area (Å²) < 4.78 is 7.27. The van der Waals surface area contributed by atoms with Crippen molar-refractivity contribution in [3.05, 3.63) is 47.3 Å². The van der Waals surface area contributed by atoms with Crippen molar-refractivity contribution in [2.75, 3.05) is 7.11 Å². The first-order chi connectivity index (χ1) is 8.65. The molecule has 0 saturated heterocycles. The number of ether oxygens (including phenoxy) is 1. The van der Waals surface area contributed by atoms with Gasteiger partial charge in [0.2, 0.25) is 0 Å². The van der Waals surface area contributed by atoms with Crippen LogP contribution in [0, 0.1) is 6.92 Å². The number of aryl methyl sites for hydroxylation is 2. The first-order valence-electron chi connectivity index (χ1n) is 6.08. The average molecular weight is 245 g/mol. The van der Waals surface area contributed by atoms with Gasteiger partial charge in [0.15, 0.2) is 0 Å². The Labute approximate surface area is 107 Å². The zero-order chi connectivity index (χ0) is 13.1. The van der Waals surface area contributed by atoms with Crippen LogP contribution < -0.4 is 10.5 Å². The van der Waals surface area contributed by atoms with Crippen LogP contribution in [0.1, 0.15) is 29.7 Å². The van der Waals surface area contributed by atoms with Gasteiger partial charge in [-0.05, 0) is 25.5 Å². The fourth-order valence-electron chi connectivity index (χ4n) is 1.97. The van der Waals surface area contributed by atoms with Gasteiger partial charge in [-0.1, -0.05) is 12.1 Å². The van der Waals surface area contributed by atoms with Gasteiger partial charge in [-0.2, -0.15) is 5.10 Å². The molecule has 2 rings (SSSR count). The molecule has 0 aliphatic rings. The molecule has 1 unspecified atom stereocenters. The maximum Gasteiger partial charge on any atom is 0.124 e. The standard InChI is InChI=1S/C14H19N3O/c1-4-17-9-11(8-16-17)14(15)12-6-5-10(2)7-13(12)18-3/h5-9,14H,4,15H2,1-3H3. The van der Waals surface area contributed by atoms with E-state index in [1.54, 1.807) is 7.11 Å². The van der Waals surface area contributed by atoms with Crippen LogP contribution in [0.25, 0.3) is 0 Å². The lowest BCUT2D eigenvalue weighted by Crippen LogP contribution is -2.12. The van der Waals surface area contributed by atoms with Crippen molar-refractivity contribution < 1.29 is 4.74 Å². The normalized spacial score (nSPS) is 12.4. The van der Waals surface area contributed by atoms with Crippen LogP contribution in [0.4, 0.5) is 0 Å². The molecule has 1 atom stereocenters. The lowest BCUT2D eigenvalue weighted by Gasteiger charge is -2.15. The molecule has 96 valence electrons. The van der Waals surface area contributed by atoms with Gasteiger partial charge in [0.05, 0.1) is 19.3 Å². The number of nitrogens with zero attached hydrogens (tertiary/aromatic N) is 2. The molecule has 0 saturated carbocycles. The summed E-state index contributed by atoms with van der Waals surface area (Å²) in [5.41, 5.74) is 9.42. The van der Waals surface area contributed by atoms with Crippen molar-refractivity contribution in [3.63, 3.8) is 0 Å². The van der Waals surface area contributed by atoms with Crippen LogP contribution in [0.3, 0.4) is 0 Å². The number of methoxy groups -OCH3 is 1. The van der Waals surface area contributed by atoms with Crippen molar-refractivity contribution in [2.24, 2.45) is 5.73 Å². The van der Waals surface area contributed by atoms with E-state index in [2.05, 4.69) is 12.0 Å². The second-order valence-electron chi connectivity index (χ2n) is 4.35. The molecule has 4 nitrogen and oxygen atoms in total. The smallest absolute Gasteiger partial charge is 0.124 e. The van der Waals surface area contributed by atoms with Crippen LogP contribution in [0.5, 0.6) is 5.75 Å². The molecular weight excluding hydrogens is 226 g/mol. The van der Waals surface area contributed by atoms with Crippen molar-refractivity contribution in [1.82, 2.24) is 9.78 Å². The Kier molecular flexibility index (Phi) is 3.67. The van der Waals surface area contributed by atoms with Crippen LogP contribution >= 0.6 is 0 Å². The van der Waals surface area contributed by atoms with Gasteiger partial charge < -0.3 is 10.5 Å². The Morgan fingerprint density at radius 2 is 2.22 bits per heavy atom. The fourth-order valence-corrected chi connectivity index (χ4v) is 1.97. The van der Waals surface area contributed by atoms with Crippen LogP contribution in [-0.4, -0.2) is 16.9 Å². The van der Waals surface area contributed by atoms with Gasteiger partial charge in [-0.25, -0.2) is 0 Å². The summed E-state index contributed by atoms with van der Waals surface area (Å²) in [6.07, 6.45) is 3.79. The van der Waals surface area contributed by atoms with Crippen molar-refractivity contribution in [2.45, 2.75) is 26.4 Å². The number of hydrogen-bond donors (Lipinski definition) is 1. The summed E-state index contributed by atoms with van der Waals surface area (Å²) >= 11 is 0. The van der Waals surface area contributed by atoms with E-state index < -0.39 is 0 Å². The second kappa shape index (κ2) is 5.23. The summed E-state index contributed by atoms with van der Waals surface area (Å²) in [6.45, 7) is 4.93. The van der Waals surface area contributed by atoms with Crippen LogP contribution in [0.2, 0.25) is 0 Å². The quantitative estimate of drug-likeness (QED) is 0.899. The number of rotatable bonds is 4. The number of aromatic nitrogens is 2. The lowest BCUT2D eigenvalue weighted by molar-refractivity contribution is 0.407. The summed E-state index contributed by atoms with van der Waals surface area (Å²) in [4.78, 5) is 0. The van der Waals surface area contributed by atoms with E-state index >= 15 is 0 Å². The van der Waals surface area contributed by atoms with E-state index in [-0.39, 0.29) is 6.04 Å². The maximum atomic E-state index is 6.28. The van der Waals surface area contributed by atoms with E-state index in [0.717, 1.165) is 29.0 Å². The monoisotopic (exact) mass is 245 g/mol. The van der Waals surface area contributed by atoms with Crippen molar-refractivity contribution >= 4 is 0 Å². The SMILES string of the molecule is CCn1cc(C(N)c2ccc(C)cc2OC)cn1. The molecule has 0 radical (unpaired) electrons. The summed E-state index contributed by atoms with van der Waals surface area (Å²) in [6, 6.07) is 5.85. The molecule has 1 heterocycles. The second-order valence-corrected chi connectivity index (χ2v) is 4.35. The first-order valence-corrected chi connectivity index (χ1v) is 6.08. The Hall–Kier alpha value is -1.81. The van der Waals surface area contributed by atoms with E-state index in [4.69, 9.17) is 10.5 Å². The van der Waals surface area contributed by atoms with Crippen LogP contribution in [-0.2, 0) is 6.54 Å². The average Bonchev–Trinajstić information content (AvgIpc) is 2.86. The highest BCUT2D eigenvalue weighted by Gasteiger charge is 2.15. The molecule has 18 heavy (non-hydrogen) atoms. The molecule has 0 aliphatic heterocycles. The predicted octanol–water partition coefficient (Wildman–Crippen LogP) is 2.27. The van der Waals surface area contributed by atoms with Gasteiger partial charge in [-0.15, -0.1) is 0 Å². The third-order valence-corrected chi connectivity index (χ3v) is 3.06. The highest BCUT2D eigenvalue weighted by Crippen LogP contribution is 2.28. The minimum absolute atomic E-state index is 0.208. The number of nitrogens with two attached hydrogens (primary N) is 1. The minimum atomic E-state index is -0.208. The summed E-state index contributed by atoms with van der Waals surface area (Å²) in [5.74, 6) is 0.826. The molecule has 0 aliphatic carbocycles. The molecule has 0 amide bonds. The fraction of sp³-hybridized carbons (Fsp3) is 0.357. The molecule has 2 N–H and O–H groups in total. The lowest BCUT2D eigenvalue weighted by atomic mass is 10.00. The Balaban J connectivity index is 2.35. The van der Waals surface area contributed by atoms with Crippen molar-refractivity contribution in [3.8, 4) is 5.75 Å². The molecular formula is C14H19N3O. The third kappa shape index (κ3) is 2.38. The van der Waals surface area contributed by atoms with Crippen molar-refractivity contribution in [1.29, 1.82) is 0 Å². The van der Waals surface area contributed by atoms with Gasteiger partial charge in [-0.3, -0.25) is 4.68 Å². The van der Waals surface area contributed by atoms with E-state index in [1.807, 2.05) is 42.2 Å². The molecule has 1 aromatic heterocycles. The first kappa shape index (κ1) is 12.6. The third-order valence-electron chi connectivity index (χ3n) is 3.06. The molecule has 0 fully saturated rings. The Morgan fingerprint density at radius 1 is 1.44 bits per heavy atom. The highest BCUT2D eigenvalue weighted by molar-refractivity contribution is 5.42.